The molecule has 1 fully saturated rings. The van der Waals surface area contributed by atoms with Crippen molar-refractivity contribution in [2.45, 2.75) is 18.6 Å². The summed E-state index contributed by atoms with van der Waals surface area (Å²) >= 11 is 0. The van der Waals surface area contributed by atoms with Gasteiger partial charge in [0.05, 0.1) is 25.4 Å². The van der Waals surface area contributed by atoms with Crippen LogP contribution in [-0.2, 0) is 11.2 Å². The summed E-state index contributed by atoms with van der Waals surface area (Å²) in [7, 11) is 0. The van der Waals surface area contributed by atoms with E-state index in [0.717, 1.165) is 31.9 Å². The predicted molar refractivity (Wildman–Crippen MR) is 76.0 cm³/mol. The standard InChI is InChI=1S/C16H21NO2/c1-2-6-15(17-9-11-19-12-10-17)16(18)13-14-7-4-3-5-8-14/h3-8,15-16,18H,1,9-13H2/t15-,16+/m1/s1. The Morgan fingerprint density at radius 2 is 2.00 bits per heavy atom. The van der Waals surface area contributed by atoms with Gasteiger partial charge in [-0.3, -0.25) is 4.90 Å². The Labute approximate surface area is 114 Å². The summed E-state index contributed by atoms with van der Waals surface area (Å²) in [4.78, 5) is 2.23. The predicted octanol–water partition coefficient (Wildman–Crippen LogP) is 1.63. The van der Waals surface area contributed by atoms with E-state index in [1.54, 1.807) is 0 Å². The minimum absolute atomic E-state index is 0.0402. The molecule has 3 heteroatoms. The van der Waals surface area contributed by atoms with Gasteiger partial charge in [0.2, 0.25) is 0 Å². The average molecular weight is 259 g/mol. The zero-order chi connectivity index (χ0) is 13.5. The highest BCUT2D eigenvalue weighted by molar-refractivity contribution is 5.16. The zero-order valence-electron chi connectivity index (χ0n) is 11.2. The first-order valence-electron chi connectivity index (χ1n) is 6.71. The first kappa shape index (κ1) is 14.0. The van der Waals surface area contributed by atoms with Crippen molar-refractivity contribution < 1.29 is 9.84 Å². The second-order valence-electron chi connectivity index (χ2n) is 4.77. The highest BCUT2D eigenvalue weighted by Gasteiger charge is 2.25. The quantitative estimate of drug-likeness (QED) is 0.816. The summed E-state index contributed by atoms with van der Waals surface area (Å²) in [5.41, 5.74) is 3.96. The topological polar surface area (TPSA) is 32.7 Å². The number of rotatable bonds is 5. The van der Waals surface area contributed by atoms with Gasteiger partial charge in [-0.1, -0.05) is 36.9 Å². The van der Waals surface area contributed by atoms with E-state index >= 15 is 0 Å². The lowest BCUT2D eigenvalue weighted by Crippen LogP contribution is -2.48. The molecule has 1 aromatic carbocycles. The number of morpholine rings is 1. The molecule has 0 bridgehead atoms. The molecule has 19 heavy (non-hydrogen) atoms. The summed E-state index contributed by atoms with van der Waals surface area (Å²) in [5.74, 6) is 0. The van der Waals surface area contributed by atoms with Crippen LogP contribution >= 0.6 is 0 Å². The van der Waals surface area contributed by atoms with E-state index in [0.29, 0.717) is 6.42 Å². The van der Waals surface area contributed by atoms with Crippen LogP contribution in [0.1, 0.15) is 5.56 Å². The van der Waals surface area contributed by atoms with Crippen molar-refractivity contribution in [2.24, 2.45) is 0 Å². The van der Waals surface area contributed by atoms with Crippen LogP contribution in [0.25, 0.3) is 0 Å². The van der Waals surface area contributed by atoms with Gasteiger partial charge in [0, 0.05) is 19.5 Å². The molecule has 1 aromatic rings. The summed E-state index contributed by atoms with van der Waals surface area (Å²) in [6, 6.07) is 10.0. The van der Waals surface area contributed by atoms with E-state index in [4.69, 9.17) is 4.74 Å². The summed E-state index contributed by atoms with van der Waals surface area (Å²) < 4.78 is 5.35. The van der Waals surface area contributed by atoms with Gasteiger partial charge in [-0.15, -0.1) is 5.73 Å². The molecule has 0 unspecified atom stereocenters. The van der Waals surface area contributed by atoms with Crippen molar-refractivity contribution in [3.63, 3.8) is 0 Å². The van der Waals surface area contributed by atoms with E-state index < -0.39 is 6.10 Å². The van der Waals surface area contributed by atoms with Crippen LogP contribution in [0.5, 0.6) is 0 Å². The largest absolute Gasteiger partial charge is 0.391 e. The van der Waals surface area contributed by atoms with Crippen molar-refractivity contribution in [2.75, 3.05) is 26.3 Å². The van der Waals surface area contributed by atoms with Crippen LogP contribution in [0, 0.1) is 0 Å². The van der Waals surface area contributed by atoms with Crippen molar-refractivity contribution in [3.8, 4) is 0 Å². The van der Waals surface area contributed by atoms with E-state index in [1.807, 2.05) is 36.4 Å². The van der Waals surface area contributed by atoms with Gasteiger partial charge in [-0.05, 0) is 11.6 Å². The van der Waals surface area contributed by atoms with E-state index in [1.165, 1.54) is 0 Å². The Morgan fingerprint density at radius 1 is 1.32 bits per heavy atom. The first-order valence-corrected chi connectivity index (χ1v) is 6.71. The minimum atomic E-state index is -0.449. The Morgan fingerprint density at radius 3 is 2.63 bits per heavy atom. The minimum Gasteiger partial charge on any atom is -0.391 e. The fourth-order valence-electron chi connectivity index (χ4n) is 2.43. The molecule has 2 atom stereocenters. The number of hydrogen-bond acceptors (Lipinski definition) is 3. The molecular weight excluding hydrogens is 238 g/mol. The Balaban J connectivity index is 2.03. The number of aliphatic hydroxyl groups excluding tert-OH is 1. The second kappa shape index (κ2) is 7.27. The van der Waals surface area contributed by atoms with Gasteiger partial charge in [-0.2, -0.15) is 0 Å². The summed E-state index contributed by atoms with van der Waals surface area (Å²) in [5, 5.41) is 10.5. The molecule has 0 aromatic heterocycles. The number of aliphatic hydroxyl groups is 1. The number of nitrogens with zero attached hydrogens (tertiary/aromatic N) is 1. The smallest absolute Gasteiger partial charge is 0.0777 e. The van der Waals surface area contributed by atoms with Crippen molar-refractivity contribution in [1.29, 1.82) is 0 Å². The molecule has 3 nitrogen and oxygen atoms in total. The van der Waals surface area contributed by atoms with E-state index in [9.17, 15) is 5.11 Å². The third-order valence-electron chi connectivity index (χ3n) is 3.44. The Kier molecular flexibility index (Phi) is 5.37. The second-order valence-corrected chi connectivity index (χ2v) is 4.77. The first-order chi connectivity index (χ1) is 9.31. The maximum absolute atomic E-state index is 10.5. The number of benzene rings is 1. The van der Waals surface area contributed by atoms with Crippen molar-refractivity contribution >= 4 is 0 Å². The third kappa shape index (κ3) is 4.05. The van der Waals surface area contributed by atoms with Gasteiger partial charge in [0.15, 0.2) is 0 Å². The maximum Gasteiger partial charge on any atom is 0.0777 e. The number of ether oxygens (including phenoxy) is 1. The fraction of sp³-hybridized carbons (Fsp3) is 0.438. The average Bonchev–Trinajstić information content (AvgIpc) is 2.46. The van der Waals surface area contributed by atoms with Crippen LogP contribution < -0.4 is 0 Å². The lowest BCUT2D eigenvalue weighted by molar-refractivity contribution is -0.00671. The molecule has 1 aliphatic heterocycles. The normalized spacial score (nSPS) is 19.4. The molecule has 0 radical (unpaired) electrons. The van der Waals surface area contributed by atoms with Crippen LogP contribution in [0.2, 0.25) is 0 Å². The lowest BCUT2D eigenvalue weighted by atomic mass is 10.0. The van der Waals surface area contributed by atoms with Crippen molar-refractivity contribution in [3.05, 3.63) is 54.3 Å². The summed E-state index contributed by atoms with van der Waals surface area (Å²) in [6.45, 7) is 6.76. The zero-order valence-corrected chi connectivity index (χ0v) is 11.2. The van der Waals surface area contributed by atoms with Crippen LogP contribution in [0.15, 0.2) is 48.7 Å². The van der Waals surface area contributed by atoms with E-state index in [2.05, 4.69) is 17.2 Å². The molecule has 102 valence electrons. The Hall–Kier alpha value is -1.38. The van der Waals surface area contributed by atoms with Gasteiger partial charge in [0.1, 0.15) is 0 Å². The van der Waals surface area contributed by atoms with Gasteiger partial charge < -0.3 is 9.84 Å². The van der Waals surface area contributed by atoms with Crippen LogP contribution in [0.3, 0.4) is 0 Å². The third-order valence-corrected chi connectivity index (χ3v) is 3.44. The molecule has 0 amide bonds. The molecule has 0 aliphatic carbocycles. The SMILES string of the molecule is C=C=C[C@H]([C@@H](O)Cc1ccccc1)N1CCOCC1. The molecule has 2 rings (SSSR count). The molecule has 1 aliphatic rings. The van der Waals surface area contributed by atoms with Gasteiger partial charge in [-0.25, -0.2) is 0 Å². The number of hydrogen-bond donors (Lipinski definition) is 1. The molecule has 0 saturated carbocycles. The monoisotopic (exact) mass is 259 g/mol. The van der Waals surface area contributed by atoms with Gasteiger partial charge in [0.25, 0.3) is 0 Å². The Bertz CT molecular complexity index is 420. The molecular formula is C16H21NO2. The highest BCUT2D eigenvalue weighted by atomic mass is 16.5. The van der Waals surface area contributed by atoms with Crippen LogP contribution in [-0.4, -0.2) is 48.5 Å². The molecule has 1 N–H and O–H groups in total. The fourth-order valence-corrected chi connectivity index (χ4v) is 2.43. The summed E-state index contributed by atoms with van der Waals surface area (Å²) in [6.07, 6.45) is 2.05. The maximum atomic E-state index is 10.5. The molecule has 0 spiro atoms. The highest BCUT2D eigenvalue weighted by Crippen LogP contribution is 2.14. The van der Waals surface area contributed by atoms with E-state index in [-0.39, 0.29) is 6.04 Å². The van der Waals surface area contributed by atoms with Gasteiger partial charge >= 0.3 is 0 Å². The lowest BCUT2D eigenvalue weighted by Gasteiger charge is -2.35. The molecule has 1 saturated heterocycles. The molecule has 1 heterocycles. The van der Waals surface area contributed by atoms with Crippen LogP contribution in [0.4, 0.5) is 0 Å². The van der Waals surface area contributed by atoms with Crippen molar-refractivity contribution in [1.82, 2.24) is 4.90 Å².